The summed E-state index contributed by atoms with van der Waals surface area (Å²) in [5.41, 5.74) is -0.985. The molecule has 0 amide bonds. The van der Waals surface area contributed by atoms with E-state index in [-0.39, 0.29) is 46.0 Å². The van der Waals surface area contributed by atoms with E-state index in [1.54, 1.807) is 0 Å². The maximum atomic E-state index is 13.2. The molecule has 4 saturated carbocycles. The Kier molecular flexibility index (Phi) is 15.6. The van der Waals surface area contributed by atoms with E-state index in [1.165, 1.54) is 12.5 Å². The quantitative estimate of drug-likeness (QED) is 0.0942. The average molecular weight is 1050 g/mol. The van der Waals surface area contributed by atoms with Crippen LogP contribution in [0.5, 0.6) is 0 Å². The van der Waals surface area contributed by atoms with Gasteiger partial charge in [0.2, 0.25) is 0 Å². The van der Waals surface area contributed by atoms with Crippen LogP contribution in [0.4, 0.5) is 0 Å². The van der Waals surface area contributed by atoms with Crippen molar-refractivity contribution in [1.82, 2.24) is 0 Å². The second-order valence-corrected chi connectivity index (χ2v) is 25.2. The largest absolute Gasteiger partial charge is 0.481 e. The van der Waals surface area contributed by atoms with Crippen molar-refractivity contribution in [2.75, 3.05) is 26.4 Å². The number of carbonyl (C=O) groups is 1. The van der Waals surface area contributed by atoms with Crippen LogP contribution in [0.3, 0.4) is 0 Å². The summed E-state index contributed by atoms with van der Waals surface area (Å²) in [6, 6.07) is 0. The van der Waals surface area contributed by atoms with Crippen LogP contribution in [0.15, 0.2) is 11.6 Å². The van der Waals surface area contributed by atoms with E-state index >= 15 is 0 Å². The Balaban J connectivity index is 0.982. The maximum Gasteiger partial charge on any atom is 0.310 e. The normalized spacial score (nSPS) is 55.0. The molecule has 0 aromatic rings. The number of aliphatic carboxylic acids is 1. The monoisotopic (exact) mass is 1040 g/mol. The zero-order valence-electron chi connectivity index (χ0n) is 43.2. The molecule has 0 radical (unpaired) electrons. The fourth-order valence-electron chi connectivity index (χ4n) is 16.0. The maximum absolute atomic E-state index is 13.2. The van der Waals surface area contributed by atoms with Crippen LogP contribution in [0.25, 0.3) is 0 Å². The Morgan fingerprint density at radius 1 is 0.644 bits per heavy atom. The number of carboxylic acid groups (broad SMARTS) is 1. The highest BCUT2D eigenvalue weighted by molar-refractivity contribution is 5.76. The summed E-state index contributed by atoms with van der Waals surface area (Å²) < 4.78 is 48.5. The molecule has 4 saturated heterocycles. The molecule has 5 aliphatic carbocycles. The minimum atomic E-state index is -1.86. The fraction of sp³-hybridized carbons (Fsp3) is 0.942. The van der Waals surface area contributed by atoms with Crippen LogP contribution in [0, 0.1) is 50.2 Å². The lowest BCUT2D eigenvalue weighted by molar-refractivity contribution is -0.389. The molecule has 27 atom stereocenters. The van der Waals surface area contributed by atoms with Crippen molar-refractivity contribution in [3.8, 4) is 0 Å². The van der Waals surface area contributed by atoms with Gasteiger partial charge in [-0.05, 0) is 111 Å². The lowest BCUT2D eigenvalue weighted by Gasteiger charge is -2.71. The Hall–Kier alpha value is -1.55. The number of rotatable bonds is 11. The minimum absolute atomic E-state index is 0.0263. The minimum Gasteiger partial charge on any atom is -0.481 e. The van der Waals surface area contributed by atoms with Crippen LogP contribution in [0.1, 0.15) is 113 Å². The van der Waals surface area contributed by atoms with Crippen LogP contribution < -0.4 is 0 Å². The molecule has 5 unspecified atom stereocenters. The zero-order valence-corrected chi connectivity index (χ0v) is 43.2. The average Bonchev–Trinajstić information content (AvgIpc) is 3.34. The van der Waals surface area contributed by atoms with Crippen molar-refractivity contribution in [1.29, 1.82) is 0 Å². The van der Waals surface area contributed by atoms with Gasteiger partial charge in [-0.2, -0.15) is 0 Å². The molecule has 0 aromatic carbocycles. The highest BCUT2D eigenvalue weighted by Gasteiger charge is 2.70. The summed E-state index contributed by atoms with van der Waals surface area (Å²) >= 11 is 0. The van der Waals surface area contributed by atoms with Gasteiger partial charge in [0.15, 0.2) is 25.2 Å². The predicted molar refractivity (Wildman–Crippen MR) is 251 cm³/mol. The van der Waals surface area contributed by atoms with E-state index in [4.69, 9.17) is 37.9 Å². The summed E-state index contributed by atoms with van der Waals surface area (Å²) in [5, 5.41) is 130. The van der Waals surface area contributed by atoms with Gasteiger partial charge in [0, 0.05) is 5.41 Å². The standard InChI is InChI=1S/C52H84O21/c1-23-32(56)40(72-42-37(61)33(57)26(55)20-66-42)39(63)44(68-23)73-41-35(59)28(70-43-38(62)36(60)34(58)27(19-53)69-43)21-67-45(41)71-31-11-12-48(4)29(49(31,5)22-54)10-13-51(7)30(48)9-8-24-25-18-47(2,3)14-16-52(25,46(64)65)17-15-50(24,51)6/h8,23,25-45,53-63H,9-22H2,1-7H3,(H,64,65)/t23-,25?,26+,27+,28+,29?,30?,31-,32-,33-,34+,35+,36-,37+,38+,39+,40+,41-,42-,43?,44-,45?,48-,49-,50+,51+,52-/m0/s1. The van der Waals surface area contributed by atoms with Crippen molar-refractivity contribution in [3.05, 3.63) is 11.6 Å². The van der Waals surface area contributed by atoms with E-state index in [2.05, 4.69) is 40.7 Å². The Bertz CT molecular complexity index is 2010. The first-order chi connectivity index (χ1) is 34.2. The van der Waals surface area contributed by atoms with Crippen molar-refractivity contribution in [2.24, 2.45) is 50.2 Å². The van der Waals surface area contributed by atoms with Gasteiger partial charge in [-0.1, -0.05) is 53.2 Å². The van der Waals surface area contributed by atoms with Gasteiger partial charge < -0.3 is 99.2 Å². The Labute approximate surface area is 426 Å². The lowest BCUT2D eigenvalue weighted by Crippen LogP contribution is -2.67. The summed E-state index contributed by atoms with van der Waals surface area (Å²) in [4.78, 5) is 13.2. The third kappa shape index (κ3) is 9.10. The first-order valence-corrected chi connectivity index (χ1v) is 26.7. The number of hydrogen-bond donors (Lipinski definition) is 12. The van der Waals surface area contributed by atoms with Gasteiger partial charge in [0.1, 0.15) is 79.4 Å². The highest BCUT2D eigenvalue weighted by Crippen LogP contribution is 2.76. The van der Waals surface area contributed by atoms with Crippen LogP contribution in [-0.4, -0.2) is 210 Å². The molecular weight excluding hydrogens is 961 g/mol. The molecule has 0 aromatic heterocycles. The number of aliphatic hydroxyl groups is 11. The molecule has 0 spiro atoms. The Morgan fingerprint density at radius 2 is 1.30 bits per heavy atom. The predicted octanol–water partition coefficient (Wildman–Crippen LogP) is -0.191. The van der Waals surface area contributed by atoms with Crippen molar-refractivity contribution >= 4 is 5.97 Å². The van der Waals surface area contributed by atoms with Gasteiger partial charge in [0.25, 0.3) is 0 Å². The van der Waals surface area contributed by atoms with E-state index in [1.807, 2.05) is 6.92 Å². The summed E-state index contributed by atoms with van der Waals surface area (Å²) in [5.74, 6) is -0.589. The lowest BCUT2D eigenvalue weighted by atomic mass is 9.33. The van der Waals surface area contributed by atoms with Crippen LogP contribution >= 0.6 is 0 Å². The van der Waals surface area contributed by atoms with Crippen molar-refractivity contribution < 1.29 is 104 Å². The van der Waals surface area contributed by atoms with Gasteiger partial charge in [-0.3, -0.25) is 4.79 Å². The topological polar surface area (TPSA) is 334 Å². The highest BCUT2D eigenvalue weighted by atomic mass is 16.8. The number of aliphatic hydroxyl groups excluding tert-OH is 11. The molecule has 4 heterocycles. The number of ether oxygens (including phenoxy) is 8. The molecule has 4 aliphatic heterocycles. The van der Waals surface area contributed by atoms with E-state index in [9.17, 15) is 66.1 Å². The van der Waals surface area contributed by atoms with Crippen molar-refractivity contribution in [2.45, 2.75) is 229 Å². The smallest absolute Gasteiger partial charge is 0.310 e. The first kappa shape index (κ1) is 56.2. The molecule has 0 bridgehead atoms. The van der Waals surface area contributed by atoms with E-state index in [0.717, 1.165) is 38.5 Å². The Morgan fingerprint density at radius 3 is 1.99 bits per heavy atom. The molecule has 8 fully saturated rings. The first-order valence-electron chi connectivity index (χ1n) is 26.7. The zero-order chi connectivity index (χ0) is 53.1. The molecule has 73 heavy (non-hydrogen) atoms. The summed E-state index contributed by atoms with van der Waals surface area (Å²) in [6.07, 6.45) is -19.7. The third-order valence-corrected chi connectivity index (χ3v) is 20.8. The molecule has 9 rings (SSSR count). The molecular formula is C52H84O21. The summed E-state index contributed by atoms with van der Waals surface area (Å²) in [7, 11) is 0. The number of fused-ring (bicyclic) bond motifs is 7. The number of hydrogen-bond acceptors (Lipinski definition) is 20. The fourth-order valence-corrected chi connectivity index (χ4v) is 16.0. The SMILES string of the molecule is C[C@@H]1O[C@@H](O[C@@H]2C(O[C@H]3CC[C@@]4(C)C(CC[C@]5(C)C4CC=C4C6CC(C)(C)CC[C@]6(C(=O)O)CC[C@]45C)[C@]3(C)CO)OC[C@@H](OC3O[C@H](CO)[C@@H](O)[C@H](O)[C@H]3O)[C@H]2O)[C@H](O)[C@H](O[C@@H]2OC[C@@H](O)[C@H](O)[C@H]2O)[C@H]1O. The summed E-state index contributed by atoms with van der Waals surface area (Å²) in [6.45, 7) is 13.3. The van der Waals surface area contributed by atoms with Gasteiger partial charge in [-0.15, -0.1) is 0 Å². The van der Waals surface area contributed by atoms with Crippen molar-refractivity contribution in [3.63, 3.8) is 0 Å². The molecule has 21 nitrogen and oxygen atoms in total. The molecule has 12 N–H and O–H groups in total. The number of carboxylic acids is 1. The van der Waals surface area contributed by atoms with Gasteiger partial charge in [0.05, 0.1) is 44.1 Å². The molecule has 9 aliphatic rings. The number of allylic oxidation sites excluding steroid dienone is 2. The second kappa shape index (κ2) is 20.3. The van der Waals surface area contributed by atoms with Crippen LogP contribution in [-0.2, 0) is 42.7 Å². The van der Waals surface area contributed by atoms with Gasteiger partial charge in [-0.25, -0.2) is 0 Å². The third-order valence-electron chi connectivity index (χ3n) is 20.8. The molecule has 418 valence electrons. The van der Waals surface area contributed by atoms with E-state index < -0.39 is 153 Å². The van der Waals surface area contributed by atoms with Crippen LogP contribution in [0.2, 0.25) is 0 Å². The van der Waals surface area contributed by atoms with Gasteiger partial charge >= 0.3 is 5.97 Å². The second-order valence-electron chi connectivity index (χ2n) is 25.2. The van der Waals surface area contributed by atoms with E-state index in [0.29, 0.717) is 25.7 Å². The molecule has 21 heteroatoms.